The van der Waals surface area contributed by atoms with E-state index < -0.39 is 0 Å². The lowest BCUT2D eigenvalue weighted by Crippen LogP contribution is -2.54. The molecule has 2 heterocycles. The first-order valence-corrected chi connectivity index (χ1v) is 7.48. The smallest absolute Gasteiger partial charge is 0.270 e. The number of carbonyl (C=O) groups excluding carboxylic acids is 1. The van der Waals surface area contributed by atoms with Crippen LogP contribution in [0.25, 0.3) is 0 Å². The zero-order chi connectivity index (χ0) is 15.2. The van der Waals surface area contributed by atoms with Gasteiger partial charge in [0.15, 0.2) is 0 Å². The molecule has 0 aliphatic carbocycles. The molecular formula is C15H25N5O. The Kier molecular flexibility index (Phi) is 5.52. The number of rotatable bonds is 5. The summed E-state index contributed by atoms with van der Waals surface area (Å²) in [6.07, 6.45) is 0. The number of aromatic nitrogens is 1. The molecule has 21 heavy (non-hydrogen) atoms. The summed E-state index contributed by atoms with van der Waals surface area (Å²) in [5.41, 5.74) is 0.459. The van der Waals surface area contributed by atoms with Gasteiger partial charge in [-0.3, -0.25) is 9.69 Å². The predicted octanol–water partition coefficient (Wildman–Crippen LogP) is 0.489. The minimum absolute atomic E-state index is 0.114. The van der Waals surface area contributed by atoms with E-state index in [4.69, 9.17) is 0 Å². The molecule has 6 nitrogen and oxygen atoms in total. The van der Waals surface area contributed by atoms with E-state index in [-0.39, 0.29) is 5.91 Å². The summed E-state index contributed by atoms with van der Waals surface area (Å²) in [4.78, 5) is 21.1. The van der Waals surface area contributed by atoms with Crippen molar-refractivity contribution in [2.24, 2.45) is 0 Å². The maximum absolute atomic E-state index is 12.2. The molecule has 1 aromatic heterocycles. The van der Waals surface area contributed by atoms with Crippen LogP contribution in [0, 0.1) is 0 Å². The molecule has 2 rings (SSSR count). The Bertz CT molecular complexity index is 479. The van der Waals surface area contributed by atoms with Crippen molar-refractivity contribution in [3.63, 3.8) is 0 Å². The molecule has 1 fully saturated rings. The van der Waals surface area contributed by atoms with E-state index in [1.54, 1.807) is 6.07 Å². The quantitative estimate of drug-likeness (QED) is 0.827. The summed E-state index contributed by atoms with van der Waals surface area (Å²) >= 11 is 0. The van der Waals surface area contributed by atoms with Crippen molar-refractivity contribution in [1.82, 2.24) is 20.1 Å². The van der Waals surface area contributed by atoms with Crippen LogP contribution in [-0.4, -0.2) is 73.6 Å². The fraction of sp³-hybridized carbons (Fsp3) is 0.600. The highest BCUT2D eigenvalue weighted by Crippen LogP contribution is 2.07. The molecule has 1 saturated heterocycles. The SMILES string of the molecule is CCNc1cccc(C(=O)NCC2CN(C)CCN2C)n1. The van der Waals surface area contributed by atoms with Crippen LogP contribution in [0.4, 0.5) is 5.82 Å². The maximum Gasteiger partial charge on any atom is 0.270 e. The summed E-state index contributed by atoms with van der Waals surface area (Å²) in [6.45, 7) is 6.52. The lowest BCUT2D eigenvalue weighted by atomic mass is 10.2. The van der Waals surface area contributed by atoms with Gasteiger partial charge in [-0.05, 0) is 33.2 Å². The molecule has 1 aromatic rings. The van der Waals surface area contributed by atoms with E-state index in [9.17, 15) is 4.79 Å². The molecular weight excluding hydrogens is 266 g/mol. The van der Waals surface area contributed by atoms with Gasteiger partial charge in [-0.1, -0.05) is 6.07 Å². The summed E-state index contributed by atoms with van der Waals surface area (Å²) in [5.74, 6) is 0.621. The van der Waals surface area contributed by atoms with Crippen LogP contribution in [0.3, 0.4) is 0 Å². The van der Waals surface area contributed by atoms with Crippen molar-refractivity contribution in [3.05, 3.63) is 23.9 Å². The zero-order valence-electron chi connectivity index (χ0n) is 13.1. The molecule has 0 radical (unpaired) electrons. The first kappa shape index (κ1) is 15.7. The second-order valence-corrected chi connectivity index (χ2v) is 5.55. The van der Waals surface area contributed by atoms with Crippen LogP contribution in [-0.2, 0) is 0 Å². The summed E-state index contributed by atoms with van der Waals surface area (Å²) in [6, 6.07) is 5.81. The average Bonchev–Trinajstić information content (AvgIpc) is 2.48. The molecule has 0 bridgehead atoms. The number of likely N-dealkylation sites (N-methyl/N-ethyl adjacent to an activating group) is 2. The van der Waals surface area contributed by atoms with Gasteiger partial charge in [0.2, 0.25) is 0 Å². The molecule has 116 valence electrons. The van der Waals surface area contributed by atoms with E-state index in [1.807, 2.05) is 19.1 Å². The third kappa shape index (κ3) is 4.41. The molecule has 1 unspecified atom stereocenters. The van der Waals surface area contributed by atoms with Crippen LogP contribution < -0.4 is 10.6 Å². The second-order valence-electron chi connectivity index (χ2n) is 5.55. The number of amides is 1. The van der Waals surface area contributed by atoms with Gasteiger partial charge in [0.05, 0.1) is 0 Å². The van der Waals surface area contributed by atoms with Crippen LogP contribution in [0.1, 0.15) is 17.4 Å². The largest absolute Gasteiger partial charge is 0.370 e. The molecule has 1 atom stereocenters. The van der Waals surface area contributed by atoms with Crippen molar-refractivity contribution in [2.75, 3.05) is 52.1 Å². The van der Waals surface area contributed by atoms with Crippen molar-refractivity contribution < 1.29 is 4.79 Å². The van der Waals surface area contributed by atoms with Crippen LogP contribution in [0.15, 0.2) is 18.2 Å². The third-order valence-corrected chi connectivity index (χ3v) is 3.82. The van der Waals surface area contributed by atoms with Gasteiger partial charge in [0.1, 0.15) is 11.5 Å². The third-order valence-electron chi connectivity index (χ3n) is 3.82. The standard InChI is InChI=1S/C15H25N5O/c1-4-16-14-7-5-6-13(18-14)15(21)17-10-12-11-19(2)8-9-20(12)3/h5-7,12H,4,8-11H2,1-3H3,(H,16,18)(H,17,21). The average molecular weight is 291 g/mol. The van der Waals surface area contributed by atoms with Crippen molar-refractivity contribution >= 4 is 11.7 Å². The number of hydrogen-bond donors (Lipinski definition) is 2. The summed E-state index contributed by atoms with van der Waals surface area (Å²) in [5, 5.41) is 6.11. The first-order chi connectivity index (χ1) is 10.1. The number of nitrogens with one attached hydrogen (secondary N) is 2. The van der Waals surface area contributed by atoms with Gasteiger partial charge in [-0.25, -0.2) is 4.98 Å². The minimum atomic E-state index is -0.114. The van der Waals surface area contributed by atoms with Gasteiger partial charge < -0.3 is 15.5 Å². The highest BCUT2D eigenvalue weighted by atomic mass is 16.1. The number of hydrogen-bond acceptors (Lipinski definition) is 5. The fourth-order valence-electron chi connectivity index (χ4n) is 2.46. The zero-order valence-corrected chi connectivity index (χ0v) is 13.1. The maximum atomic E-state index is 12.2. The van der Waals surface area contributed by atoms with Crippen LogP contribution in [0.2, 0.25) is 0 Å². The lowest BCUT2D eigenvalue weighted by Gasteiger charge is -2.37. The van der Waals surface area contributed by atoms with Crippen molar-refractivity contribution in [2.45, 2.75) is 13.0 Å². The second kappa shape index (κ2) is 7.38. The van der Waals surface area contributed by atoms with Gasteiger partial charge in [-0.2, -0.15) is 0 Å². The van der Waals surface area contributed by atoms with E-state index in [2.05, 4.69) is 39.5 Å². The monoisotopic (exact) mass is 291 g/mol. The predicted molar refractivity (Wildman–Crippen MR) is 84.6 cm³/mol. The molecule has 1 aliphatic rings. The van der Waals surface area contributed by atoms with Crippen LogP contribution >= 0.6 is 0 Å². The Hall–Kier alpha value is -1.66. The Morgan fingerprint density at radius 1 is 1.38 bits per heavy atom. The van der Waals surface area contributed by atoms with Gasteiger partial charge >= 0.3 is 0 Å². The van der Waals surface area contributed by atoms with Gasteiger partial charge in [0.25, 0.3) is 5.91 Å². The Morgan fingerprint density at radius 2 is 2.19 bits per heavy atom. The normalized spacial score (nSPS) is 20.2. The van der Waals surface area contributed by atoms with Gasteiger partial charge in [-0.15, -0.1) is 0 Å². The number of pyridine rings is 1. The number of carbonyl (C=O) groups is 1. The molecule has 1 aliphatic heterocycles. The number of anilines is 1. The topological polar surface area (TPSA) is 60.5 Å². The molecule has 6 heteroatoms. The molecule has 1 amide bonds. The highest BCUT2D eigenvalue weighted by Gasteiger charge is 2.22. The lowest BCUT2D eigenvalue weighted by molar-refractivity contribution is 0.0877. The Balaban J connectivity index is 1.90. The molecule has 2 N–H and O–H groups in total. The van der Waals surface area contributed by atoms with E-state index in [1.165, 1.54) is 0 Å². The number of nitrogens with zero attached hydrogens (tertiary/aromatic N) is 3. The van der Waals surface area contributed by atoms with E-state index in [0.29, 0.717) is 18.3 Å². The summed E-state index contributed by atoms with van der Waals surface area (Å²) < 4.78 is 0. The number of piperazine rings is 1. The fourth-order valence-corrected chi connectivity index (χ4v) is 2.46. The molecule has 0 aromatic carbocycles. The Labute approximate surface area is 126 Å². The van der Waals surface area contributed by atoms with E-state index in [0.717, 1.165) is 32.0 Å². The first-order valence-electron chi connectivity index (χ1n) is 7.48. The molecule has 0 spiro atoms. The highest BCUT2D eigenvalue weighted by molar-refractivity contribution is 5.92. The van der Waals surface area contributed by atoms with Crippen molar-refractivity contribution in [3.8, 4) is 0 Å². The van der Waals surface area contributed by atoms with Crippen molar-refractivity contribution in [1.29, 1.82) is 0 Å². The van der Waals surface area contributed by atoms with Gasteiger partial charge in [0, 0.05) is 38.8 Å². The van der Waals surface area contributed by atoms with Crippen LogP contribution in [0.5, 0.6) is 0 Å². The van der Waals surface area contributed by atoms with E-state index >= 15 is 0 Å². The minimum Gasteiger partial charge on any atom is -0.370 e. The summed E-state index contributed by atoms with van der Waals surface area (Å²) in [7, 11) is 4.22. The Morgan fingerprint density at radius 3 is 2.95 bits per heavy atom. The molecule has 0 saturated carbocycles.